The fraction of sp³-hybridized carbons (Fsp3) is 0.294. The van der Waals surface area contributed by atoms with Crippen molar-refractivity contribution in [1.29, 1.82) is 0 Å². The molecule has 0 unspecified atom stereocenters. The Kier molecular flexibility index (Phi) is 4.67. The largest absolute Gasteiger partial charge is 0.490 e. The van der Waals surface area contributed by atoms with Crippen LogP contribution >= 0.6 is 11.6 Å². The molecule has 1 aromatic carbocycles. The molecule has 1 aliphatic rings. The van der Waals surface area contributed by atoms with Crippen molar-refractivity contribution in [3.63, 3.8) is 0 Å². The van der Waals surface area contributed by atoms with Gasteiger partial charge in [-0.05, 0) is 36.4 Å². The molecule has 2 heterocycles. The topological polar surface area (TPSA) is 68.5 Å². The van der Waals surface area contributed by atoms with Crippen molar-refractivity contribution >= 4 is 23.3 Å². The Morgan fingerprint density at radius 1 is 1.22 bits per heavy atom. The zero-order chi connectivity index (χ0) is 16.2. The number of nitrogens with two attached hydrogens (primary N) is 1. The van der Waals surface area contributed by atoms with Gasteiger partial charge >= 0.3 is 0 Å². The Morgan fingerprint density at radius 2 is 1.91 bits per heavy atom. The standard InChI is InChI=1S/C17H18ClN3O2/c18-12-3-5-13(6-4-12)23-14-7-10-21(11-8-14)17(22)15-2-1-9-20-16(15)19/h1-6,9,14H,7-8,10-11H2,(H2,19,20). The molecule has 0 spiro atoms. The van der Waals surface area contributed by atoms with Crippen LogP contribution < -0.4 is 10.5 Å². The van der Waals surface area contributed by atoms with Crippen LogP contribution in [0.15, 0.2) is 42.6 Å². The van der Waals surface area contributed by atoms with Crippen LogP contribution in [0.4, 0.5) is 5.82 Å². The first kappa shape index (κ1) is 15.6. The van der Waals surface area contributed by atoms with Gasteiger partial charge in [0, 0.05) is 37.2 Å². The van der Waals surface area contributed by atoms with E-state index in [1.165, 1.54) is 0 Å². The van der Waals surface area contributed by atoms with Crippen molar-refractivity contribution in [2.45, 2.75) is 18.9 Å². The second kappa shape index (κ2) is 6.87. The highest BCUT2D eigenvalue weighted by atomic mass is 35.5. The monoisotopic (exact) mass is 331 g/mol. The second-order valence-electron chi connectivity index (χ2n) is 5.50. The van der Waals surface area contributed by atoms with Gasteiger partial charge in [0.1, 0.15) is 17.7 Å². The molecule has 1 fully saturated rings. The van der Waals surface area contributed by atoms with Crippen molar-refractivity contribution < 1.29 is 9.53 Å². The van der Waals surface area contributed by atoms with Gasteiger partial charge in [0.15, 0.2) is 0 Å². The van der Waals surface area contributed by atoms with Gasteiger partial charge in [0.2, 0.25) is 0 Å². The van der Waals surface area contributed by atoms with Crippen molar-refractivity contribution in [2.24, 2.45) is 0 Å². The molecule has 0 saturated carbocycles. The summed E-state index contributed by atoms with van der Waals surface area (Å²) in [6, 6.07) is 10.8. The van der Waals surface area contributed by atoms with Gasteiger partial charge in [-0.1, -0.05) is 11.6 Å². The van der Waals surface area contributed by atoms with Crippen LogP contribution in [0.3, 0.4) is 0 Å². The average Bonchev–Trinajstić information content (AvgIpc) is 2.57. The highest BCUT2D eigenvalue weighted by Crippen LogP contribution is 2.22. The van der Waals surface area contributed by atoms with Crippen molar-refractivity contribution in [3.8, 4) is 5.75 Å². The van der Waals surface area contributed by atoms with Gasteiger partial charge in [-0.15, -0.1) is 0 Å². The van der Waals surface area contributed by atoms with E-state index < -0.39 is 0 Å². The molecule has 2 aromatic rings. The molecule has 1 aliphatic heterocycles. The first-order valence-electron chi connectivity index (χ1n) is 7.55. The number of carbonyl (C=O) groups is 1. The Balaban J connectivity index is 1.57. The number of amides is 1. The van der Waals surface area contributed by atoms with Crippen LogP contribution in [0.1, 0.15) is 23.2 Å². The van der Waals surface area contributed by atoms with Crippen LogP contribution in [0.5, 0.6) is 5.75 Å². The Hall–Kier alpha value is -2.27. The number of pyridine rings is 1. The third kappa shape index (κ3) is 3.74. The number of piperidine rings is 1. The lowest BCUT2D eigenvalue weighted by Gasteiger charge is -2.32. The summed E-state index contributed by atoms with van der Waals surface area (Å²) in [6.45, 7) is 1.29. The van der Waals surface area contributed by atoms with E-state index in [1.807, 2.05) is 12.1 Å². The molecule has 1 saturated heterocycles. The molecule has 2 N–H and O–H groups in total. The molecule has 1 amide bonds. The van der Waals surface area contributed by atoms with Crippen LogP contribution in [0.25, 0.3) is 0 Å². The third-order valence-electron chi connectivity index (χ3n) is 3.91. The van der Waals surface area contributed by atoms with Gasteiger partial charge in [-0.3, -0.25) is 4.79 Å². The zero-order valence-electron chi connectivity index (χ0n) is 12.6. The summed E-state index contributed by atoms with van der Waals surface area (Å²) in [4.78, 5) is 18.2. The number of nitrogens with zero attached hydrogens (tertiary/aromatic N) is 2. The molecule has 0 aliphatic carbocycles. The molecule has 0 atom stereocenters. The summed E-state index contributed by atoms with van der Waals surface area (Å²) >= 11 is 5.86. The third-order valence-corrected chi connectivity index (χ3v) is 4.17. The SMILES string of the molecule is Nc1ncccc1C(=O)N1CCC(Oc2ccc(Cl)cc2)CC1. The van der Waals surface area contributed by atoms with Crippen LogP contribution in [0, 0.1) is 0 Å². The van der Waals surface area contributed by atoms with Crippen LogP contribution in [-0.4, -0.2) is 35.0 Å². The molecule has 0 radical (unpaired) electrons. The lowest BCUT2D eigenvalue weighted by molar-refractivity contribution is 0.0596. The molecule has 6 heteroatoms. The number of hydrogen-bond acceptors (Lipinski definition) is 4. The van der Waals surface area contributed by atoms with E-state index in [0.29, 0.717) is 23.7 Å². The minimum Gasteiger partial charge on any atom is -0.490 e. The number of nitrogen functional groups attached to an aromatic ring is 1. The molecular formula is C17H18ClN3O2. The number of ether oxygens (including phenoxy) is 1. The normalized spacial score (nSPS) is 15.4. The molecule has 3 rings (SSSR count). The minimum atomic E-state index is -0.0689. The summed E-state index contributed by atoms with van der Waals surface area (Å²) in [5, 5.41) is 0.687. The number of hydrogen-bond donors (Lipinski definition) is 1. The number of anilines is 1. The summed E-state index contributed by atoms with van der Waals surface area (Å²) in [5.74, 6) is 1.01. The number of halogens is 1. The van der Waals surface area contributed by atoms with E-state index in [9.17, 15) is 4.79 Å². The summed E-state index contributed by atoms with van der Waals surface area (Å²) in [7, 11) is 0. The molecule has 1 aromatic heterocycles. The Bertz CT molecular complexity index is 682. The zero-order valence-corrected chi connectivity index (χ0v) is 13.4. The number of rotatable bonds is 3. The second-order valence-corrected chi connectivity index (χ2v) is 5.94. The van der Waals surface area contributed by atoms with E-state index in [-0.39, 0.29) is 17.8 Å². The van der Waals surface area contributed by atoms with Gasteiger partial charge in [-0.25, -0.2) is 4.98 Å². The van der Waals surface area contributed by atoms with Crippen molar-refractivity contribution in [2.75, 3.05) is 18.8 Å². The van der Waals surface area contributed by atoms with Gasteiger partial charge in [0.25, 0.3) is 5.91 Å². The average molecular weight is 332 g/mol. The Morgan fingerprint density at radius 3 is 2.57 bits per heavy atom. The summed E-state index contributed by atoms with van der Waals surface area (Å²) < 4.78 is 5.93. The maximum absolute atomic E-state index is 12.5. The van der Waals surface area contributed by atoms with Crippen molar-refractivity contribution in [3.05, 3.63) is 53.2 Å². The minimum absolute atomic E-state index is 0.0689. The predicted molar refractivity (Wildman–Crippen MR) is 89.7 cm³/mol. The van der Waals surface area contributed by atoms with Gasteiger partial charge in [0.05, 0.1) is 5.56 Å². The van der Waals surface area contributed by atoms with Crippen molar-refractivity contribution in [1.82, 2.24) is 9.88 Å². The lowest BCUT2D eigenvalue weighted by Crippen LogP contribution is -2.42. The van der Waals surface area contributed by atoms with E-state index in [1.54, 1.807) is 35.4 Å². The number of aromatic nitrogens is 1. The molecule has 5 nitrogen and oxygen atoms in total. The summed E-state index contributed by atoms with van der Waals surface area (Å²) in [5.41, 5.74) is 6.24. The first-order chi connectivity index (χ1) is 11.1. The van der Waals surface area contributed by atoms with Gasteiger partial charge < -0.3 is 15.4 Å². The Labute approximate surface area is 140 Å². The molecular weight excluding hydrogens is 314 g/mol. The highest BCUT2D eigenvalue weighted by molar-refractivity contribution is 6.30. The smallest absolute Gasteiger partial charge is 0.257 e. The maximum atomic E-state index is 12.5. The number of likely N-dealkylation sites (tertiary alicyclic amines) is 1. The predicted octanol–water partition coefficient (Wildman–Crippen LogP) is 3.00. The summed E-state index contributed by atoms with van der Waals surface area (Å²) in [6.07, 6.45) is 3.26. The quantitative estimate of drug-likeness (QED) is 0.938. The molecule has 23 heavy (non-hydrogen) atoms. The fourth-order valence-corrected chi connectivity index (χ4v) is 2.78. The molecule has 120 valence electrons. The van der Waals surface area contributed by atoms with E-state index in [2.05, 4.69) is 4.98 Å². The van der Waals surface area contributed by atoms with E-state index in [4.69, 9.17) is 22.1 Å². The number of benzene rings is 1. The molecule has 0 bridgehead atoms. The maximum Gasteiger partial charge on any atom is 0.257 e. The number of carbonyl (C=O) groups excluding carboxylic acids is 1. The van der Waals surface area contributed by atoms with E-state index in [0.717, 1.165) is 18.6 Å². The van der Waals surface area contributed by atoms with Gasteiger partial charge in [-0.2, -0.15) is 0 Å². The van der Waals surface area contributed by atoms with Crippen LogP contribution in [0.2, 0.25) is 5.02 Å². The lowest BCUT2D eigenvalue weighted by atomic mass is 10.1. The first-order valence-corrected chi connectivity index (χ1v) is 7.93. The van der Waals surface area contributed by atoms with E-state index >= 15 is 0 Å². The van der Waals surface area contributed by atoms with Crippen LogP contribution in [-0.2, 0) is 0 Å². The highest BCUT2D eigenvalue weighted by Gasteiger charge is 2.25. The fourth-order valence-electron chi connectivity index (χ4n) is 2.65.